The van der Waals surface area contributed by atoms with E-state index in [0.717, 1.165) is 35.6 Å². The van der Waals surface area contributed by atoms with E-state index in [9.17, 15) is 4.79 Å². The molecule has 2 rings (SSSR count). The van der Waals surface area contributed by atoms with Gasteiger partial charge in [0.2, 0.25) is 5.91 Å². The van der Waals surface area contributed by atoms with Crippen LogP contribution in [-0.2, 0) is 10.2 Å². The van der Waals surface area contributed by atoms with Gasteiger partial charge in [0, 0.05) is 0 Å². The number of hydrogen-bond donors (Lipinski definition) is 1. The summed E-state index contributed by atoms with van der Waals surface area (Å²) in [4.78, 5) is 12.1. The van der Waals surface area contributed by atoms with Gasteiger partial charge in [0.15, 0.2) is 0 Å². The average molecular weight is 255 g/mol. The van der Waals surface area contributed by atoms with E-state index in [2.05, 4.69) is 25.1 Å². The maximum absolute atomic E-state index is 12.1. The highest BCUT2D eigenvalue weighted by molar-refractivity contribution is 5.95. The van der Waals surface area contributed by atoms with Crippen molar-refractivity contribution in [3.05, 3.63) is 48.0 Å². The number of carbonyl (C=O) groups excluding carboxylic acids is 1. The van der Waals surface area contributed by atoms with Gasteiger partial charge in [0.05, 0.1) is 5.41 Å². The molecule has 0 bridgehead atoms. The smallest absolute Gasteiger partial charge is 0.228 e. The van der Waals surface area contributed by atoms with E-state index in [0.29, 0.717) is 0 Å². The van der Waals surface area contributed by atoms with Crippen molar-refractivity contribution in [1.29, 1.82) is 0 Å². The van der Waals surface area contributed by atoms with E-state index in [1.807, 2.05) is 31.2 Å². The van der Waals surface area contributed by atoms with E-state index >= 15 is 0 Å². The van der Waals surface area contributed by atoms with Gasteiger partial charge in [0.25, 0.3) is 0 Å². The van der Waals surface area contributed by atoms with Crippen LogP contribution >= 0.6 is 0 Å². The van der Waals surface area contributed by atoms with Crippen molar-refractivity contribution >= 4 is 16.7 Å². The molecule has 0 aliphatic carbocycles. The predicted molar refractivity (Wildman–Crippen MR) is 80.0 cm³/mol. The molecule has 2 N–H and O–H groups in total. The molecule has 0 aliphatic heterocycles. The summed E-state index contributed by atoms with van der Waals surface area (Å²) in [5.41, 5.74) is 6.28. The molecule has 0 heterocycles. The van der Waals surface area contributed by atoms with Gasteiger partial charge in [-0.2, -0.15) is 0 Å². The van der Waals surface area contributed by atoms with E-state index in [-0.39, 0.29) is 5.91 Å². The predicted octanol–water partition coefficient (Wildman–Crippen LogP) is 3.77. The highest BCUT2D eigenvalue weighted by atomic mass is 16.1. The van der Waals surface area contributed by atoms with E-state index < -0.39 is 5.41 Å². The molecule has 0 aromatic heterocycles. The molecule has 1 atom stereocenters. The Morgan fingerprint density at radius 1 is 1.11 bits per heavy atom. The highest BCUT2D eigenvalue weighted by Crippen LogP contribution is 2.37. The molecule has 100 valence electrons. The Morgan fingerprint density at radius 3 is 2.42 bits per heavy atom. The zero-order valence-electron chi connectivity index (χ0n) is 11.6. The zero-order valence-corrected chi connectivity index (χ0v) is 11.6. The first kappa shape index (κ1) is 13.6. The van der Waals surface area contributed by atoms with Gasteiger partial charge in [0.1, 0.15) is 0 Å². The lowest BCUT2D eigenvalue weighted by Gasteiger charge is -2.31. The fourth-order valence-corrected chi connectivity index (χ4v) is 3.00. The van der Waals surface area contributed by atoms with Crippen molar-refractivity contribution in [3.63, 3.8) is 0 Å². The number of fused-ring (bicyclic) bond motifs is 1. The number of primary amides is 1. The van der Waals surface area contributed by atoms with Gasteiger partial charge >= 0.3 is 0 Å². The first-order chi connectivity index (χ1) is 9.15. The molecule has 0 fully saturated rings. The fourth-order valence-electron chi connectivity index (χ4n) is 3.00. The summed E-state index contributed by atoms with van der Waals surface area (Å²) in [6.45, 7) is 4.14. The van der Waals surface area contributed by atoms with Crippen molar-refractivity contribution in [2.75, 3.05) is 0 Å². The summed E-state index contributed by atoms with van der Waals surface area (Å²) in [5, 5.41) is 2.30. The van der Waals surface area contributed by atoms with Crippen LogP contribution < -0.4 is 5.73 Å². The van der Waals surface area contributed by atoms with E-state index in [4.69, 9.17) is 5.73 Å². The Labute approximate surface area is 114 Å². The minimum Gasteiger partial charge on any atom is -0.369 e. The summed E-state index contributed by atoms with van der Waals surface area (Å²) in [7, 11) is 0. The van der Waals surface area contributed by atoms with Crippen LogP contribution in [0.15, 0.2) is 42.5 Å². The molecule has 0 aliphatic rings. The van der Waals surface area contributed by atoms with Crippen LogP contribution in [0.25, 0.3) is 10.8 Å². The number of carbonyl (C=O) groups is 1. The van der Waals surface area contributed by atoms with Crippen LogP contribution in [0.3, 0.4) is 0 Å². The van der Waals surface area contributed by atoms with Crippen molar-refractivity contribution in [2.24, 2.45) is 5.73 Å². The monoisotopic (exact) mass is 255 g/mol. The summed E-state index contributed by atoms with van der Waals surface area (Å²) in [6, 6.07) is 14.3. The van der Waals surface area contributed by atoms with E-state index in [1.54, 1.807) is 0 Å². The Bertz CT molecular complexity index is 585. The second-order valence-corrected chi connectivity index (χ2v) is 5.08. The van der Waals surface area contributed by atoms with Crippen molar-refractivity contribution in [1.82, 2.24) is 0 Å². The number of nitrogens with two attached hydrogens (primary N) is 1. The van der Waals surface area contributed by atoms with Gasteiger partial charge in [-0.3, -0.25) is 4.79 Å². The standard InChI is InChI=1S/C17H21NO/c1-3-12-17(4-2,16(18)19)15-11-7-9-13-8-5-6-10-14(13)15/h5-11H,3-4,12H2,1-2H3,(H2,18,19). The molecule has 0 saturated carbocycles. The van der Waals surface area contributed by atoms with Gasteiger partial charge in [-0.25, -0.2) is 0 Å². The molecule has 19 heavy (non-hydrogen) atoms. The van der Waals surface area contributed by atoms with Crippen LogP contribution in [0.5, 0.6) is 0 Å². The molecular weight excluding hydrogens is 234 g/mol. The van der Waals surface area contributed by atoms with Gasteiger partial charge in [-0.1, -0.05) is 62.7 Å². The molecule has 2 aromatic carbocycles. The molecule has 1 amide bonds. The lowest BCUT2D eigenvalue weighted by atomic mass is 9.72. The highest BCUT2D eigenvalue weighted by Gasteiger charge is 2.36. The molecular formula is C17H21NO. The van der Waals surface area contributed by atoms with Crippen LogP contribution in [0, 0.1) is 0 Å². The third kappa shape index (κ3) is 2.23. The molecule has 2 aromatic rings. The van der Waals surface area contributed by atoms with Crippen molar-refractivity contribution < 1.29 is 4.79 Å². The van der Waals surface area contributed by atoms with Crippen LogP contribution in [0.4, 0.5) is 0 Å². The quantitative estimate of drug-likeness (QED) is 0.868. The molecule has 0 saturated heterocycles. The molecule has 2 nitrogen and oxygen atoms in total. The minimum absolute atomic E-state index is 0.215. The van der Waals surface area contributed by atoms with Crippen LogP contribution in [0.2, 0.25) is 0 Å². The molecule has 0 spiro atoms. The Hall–Kier alpha value is -1.83. The Balaban J connectivity index is 2.72. The lowest BCUT2D eigenvalue weighted by molar-refractivity contribution is -0.124. The fraction of sp³-hybridized carbons (Fsp3) is 0.353. The largest absolute Gasteiger partial charge is 0.369 e. The maximum Gasteiger partial charge on any atom is 0.228 e. The lowest BCUT2D eigenvalue weighted by Crippen LogP contribution is -2.40. The first-order valence-electron chi connectivity index (χ1n) is 6.94. The minimum atomic E-state index is -0.546. The van der Waals surface area contributed by atoms with Crippen LogP contribution in [-0.4, -0.2) is 5.91 Å². The SMILES string of the molecule is CCCC(CC)(C(N)=O)c1cccc2ccccc12. The summed E-state index contributed by atoms with van der Waals surface area (Å²) >= 11 is 0. The Kier molecular flexibility index (Phi) is 3.89. The van der Waals surface area contributed by atoms with Gasteiger partial charge < -0.3 is 5.73 Å². The van der Waals surface area contributed by atoms with Crippen molar-refractivity contribution in [3.8, 4) is 0 Å². The second-order valence-electron chi connectivity index (χ2n) is 5.08. The topological polar surface area (TPSA) is 43.1 Å². The maximum atomic E-state index is 12.1. The summed E-state index contributed by atoms with van der Waals surface area (Å²) < 4.78 is 0. The van der Waals surface area contributed by atoms with E-state index in [1.165, 1.54) is 0 Å². The number of amides is 1. The summed E-state index contributed by atoms with van der Waals surface area (Å²) in [5.74, 6) is -0.215. The zero-order chi connectivity index (χ0) is 13.9. The third-order valence-corrected chi connectivity index (χ3v) is 4.06. The number of rotatable bonds is 5. The molecule has 2 heteroatoms. The van der Waals surface area contributed by atoms with Gasteiger partial charge in [-0.15, -0.1) is 0 Å². The summed E-state index contributed by atoms with van der Waals surface area (Å²) in [6.07, 6.45) is 2.48. The van der Waals surface area contributed by atoms with Gasteiger partial charge in [-0.05, 0) is 29.2 Å². The Morgan fingerprint density at radius 2 is 1.79 bits per heavy atom. The normalized spacial score (nSPS) is 14.2. The first-order valence-corrected chi connectivity index (χ1v) is 6.94. The van der Waals surface area contributed by atoms with Crippen molar-refractivity contribution in [2.45, 2.75) is 38.5 Å². The number of benzene rings is 2. The second kappa shape index (κ2) is 5.43. The molecule has 0 radical (unpaired) electrons. The molecule has 1 unspecified atom stereocenters. The number of hydrogen-bond acceptors (Lipinski definition) is 1. The van der Waals surface area contributed by atoms with Crippen LogP contribution in [0.1, 0.15) is 38.7 Å². The average Bonchev–Trinajstić information content (AvgIpc) is 2.44. The third-order valence-electron chi connectivity index (χ3n) is 4.06.